The van der Waals surface area contributed by atoms with E-state index in [1.165, 1.54) is 6.92 Å². The van der Waals surface area contributed by atoms with E-state index in [2.05, 4.69) is 0 Å². The summed E-state index contributed by atoms with van der Waals surface area (Å²) in [5.74, 6) is -0.825. The van der Waals surface area contributed by atoms with E-state index < -0.39 is 30.8 Å². The number of aliphatic hydroxyl groups excluding tert-OH is 3. The van der Waals surface area contributed by atoms with Gasteiger partial charge in [-0.1, -0.05) is 6.92 Å². The third-order valence-electron chi connectivity index (χ3n) is 1.81. The van der Waals surface area contributed by atoms with Crippen LogP contribution in [0, 0.1) is 5.92 Å². The number of hydrogen-bond acceptors (Lipinski definition) is 5. The minimum absolute atomic E-state index is 0.445. The Hall–Kier alpha value is -0.490. The van der Waals surface area contributed by atoms with Gasteiger partial charge in [-0.15, -0.1) is 0 Å². The molecule has 0 amide bonds. The molecule has 0 bridgehead atoms. The molecule has 0 aliphatic heterocycles. The van der Waals surface area contributed by atoms with Gasteiger partial charge in [0.2, 0.25) is 0 Å². The molecule has 72 valence electrons. The maximum absolute atomic E-state index is 10.2. The maximum Gasteiger partial charge on any atom is 0.137 e. The van der Waals surface area contributed by atoms with Crippen molar-refractivity contribution in [3.05, 3.63) is 0 Å². The fourth-order valence-electron chi connectivity index (χ4n) is 0.801. The largest absolute Gasteiger partial charge is 0.393 e. The monoisotopic (exact) mass is 178 g/mol. The van der Waals surface area contributed by atoms with Crippen molar-refractivity contribution in [3.8, 4) is 0 Å². The van der Waals surface area contributed by atoms with Gasteiger partial charge in [-0.05, 0) is 0 Å². The Morgan fingerprint density at radius 3 is 2.08 bits per heavy atom. The van der Waals surface area contributed by atoms with Gasteiger partial charge in [0.05, 0.1) is 19.3 Å². The first kappa shape index (κ1) is 11.5. The molecular weight excluding hydrogens is 164 g/mol. The van der Waals surface area contributed by atoms with Gasteiger partial charge in [-0.3, -0.25) is 0 Å². The molecule has 0 aromatic rings. The summed E-state index contributed by atoms with van der Waals surface area (Å²) in [6.07, 6.45) is -1.01. The van der Waals surface area contributed by atoms with Gasteiger partial charge in [0.15, 0.2) is 0 Å². The van der Waals surface area contributed by atoms with Crippen LogP contribution in [-0.4, -0.2) is 51.6 Å². The molecule has 5 nitrogen and oxygen atoms in total. The average Bonchev–Trinajstić information content (AvgIpc) is 2.14. The maximum atomic E-state index is 10.2. The zero-order valence-corrected chi connectivity index (χ0v) is 6.84. The van der Waals surface area contributed by atoms with Gasteiger partial charge >= 0.3 is 0 Å². The number of rotatable bonds is 5. The van der Waals surface area contributed by atoms with E-state index in [-0.39, 0.29) is 0 Å². The normalized spacial score (nSPS) is 17.1. The number of hydrogen-bond donors (Lipinski definition) is 4. The van der Waals surface area contributed by atoms with E-state index in [0.29, 0.717) is 6.29 Å². The van der Waals surface area contributed by atoms with E-state index in [0.717, 1.165) is 0 Å². The highest BCUT2D eigenvalue weighted by Crippen LogP contribution is 2.15. The molecule has 0 heterocycles. The van der Waals surface area contributed by atoms with Crippen molar-refractivity contribution in [2.24, 2.45) is 5.92 Å². The highest BCUT2D eigenvalue weighted by atomic mass is 16.4. The first-order valence-corrected chi connectivity index (χ1v) is 3.59. The lowest BCUT2D eigenvalue weighted by atomic mass is 9.90. The average molecular weight is 178 g/mol. The molecular formula is C7H14O5. The summed E-state index contributed by atoms with van der Waals surface area (Å²) in [5, 5.41) is 35.8. The standard InChI is InChI=1S/C7H14O5/c1-5(2-8)6(11)7(12,3-9)4-10/h2,5-6,9-12H,3-4H2,1H3. The number of carbonyl (C=O) groups excluding carboxylic acids is 1. The predicted octanol–water partition coefficient (Wildman–Crippen LogP) is -2.10. The van der Waals surface area contributed by atoms with Crippen molar-refractivity contribution >= 4 is 6.29 Å². The van der Waals surface area contributed by atoms with Gasteiger partial charge in [0.1, 0.15) is 11.9 Å². The smallest absolute Gasteiger partial charge is 0.137 e. The molecule has 0 aliphatic carbocycles. The zero-order chi connectivity index (χ0) is 9.78. The molecule has 0 aliphatic rings. The molecule has 0 aromatic carbocycles. The van der Waals surface area contributed by atoms with Gasteiger partial charge in [0, 0.05) is 5.92 Å². The lowest BCUT2D eigenvalue weighted by Gasteiger charge is -2.30. The molecule has 0 fully saturated rings. The van der Waals surface area contributed by atoms with Crippen molar-refractivity contribution in [1.82, 2.24) is 0 Å². The molecule has 2 atom stereocenters. The molecule has 0 rings (SSSR count). The number of aliphatic hydroxyl groups is 4. The van der Waals surface area contributed by atoms with E-state index in [1.807, 2.05) is 0 Å². The van der Waals surface area contributed by atoms with Crippen LogP contribution in [0.3, 0.4) is 0 Å². The second-order valence-electron chi connectivity index (χ2n) is 2.86. The van der Waals surface area contributed by atoms with Crippen LogP contribution in [0.1, 0.15) is 6.92 Å². The van der Waals surface area contributed by atoms with E-state index in [1.54, 1.807) is 0 Å². The van der Waals surface area contributed by atoms with Crippen molar-refractivity contribution < 1.29 is 25.2 Å². The van der Waals surface area contributed by atoms with Crippen LogP contribution < -0.4 is 0 Å². The number of aldehydes is 1. The Bertz CT molecular complexity index is 143. The second-order valence-corrected chi connectivity index (χ2v) is 2.86. The summed E-state index contributed by atoms with van der Waals surface area (Å²) < 4.78 is 0. The van der Waals surface area contributed by atoms with Gasteiger partial charge in [-0.2, -0.15) is 0 Å². The quantitative estimate of drug-likeness (QED) is 0.361. The van der Waals surface area contributed by atoms with Crippen LogP contribution in [-0.2, 0) is 4.79 Å². The topological polar surface area (TPSA) is 98.0 Å². The Morgan fingerprint density at radius 2 is 1.83 bits per heavy atom. The molecule has 0 saturated heterocycles. The van der Waals surface area contributed by atoms with Gasteiger partial charge in [-0.25, -0.2) is 0 Å². The van der Waals surface area contributed by atoms with Crippen molar-refractivity contribution in [2.75, 3.05) is 13.2 Å². The fraction of sp³-hybridized carbons (Fsp3) is 0.857. The summed E-state index contributed by atoms with van der Waals surface area (Å²) in [7, 11) is 0. The third-order valence-corrected chi connectivity index (χ3v) is 1.81. The fourth-order valence-corrected chi connectivity index (χ4v) is 0.801. The van der Waals surface area contributed by atoms with Crippen LogP contribution >= 0.6 is 0 Å². The van der Waals surface area contributed by atoms with Crippen molar-refractivity contribution in [1.29, 1.82) is 0 Å². The first-order chi connectivity index (χ1) is 5.51. The van der Waals surface area contributed by atoms with Crippen LogP contribution in [0.4, 0.5) is 0 Å². The van der Waals surface area contributed by atoms with Gasteiger partial charge < -0.3 is 25.2 Å². The molecule has 0 spiro atoms. The zero-order valence-electron chi connectivity index (χ0n) is 6.84. The third kappa shape index (κ3) is 2.25. The molecule has 0 saturated carbocycles. The molecule has 2 unspecified atom stereocenters. The Balaban J connectivity index is 4.39. The van der Waals surface area contributed by atoms with Crippen LogP contribution in [0.15, 0.2) is 0 Å². The summed E-state index contributed by atoms with van der Waals surface area (Å²) in [6.45, 7) is -0.195. The summed E-state index contributed by atoms with van der Waals surface area (Å²) in [6, 6.07) is 0. The second kappa shape index (κ2) is 4.51. The summed E-state index contributed by atoms with van der Waals surface area (Å²) in [5.41, 5.74) is -2.00. The summed E-state index contributed by atoms with van der Waals surface area (Å²) >= 11 is 0. The Labute approximate surface area is 70.3 Å². The highest BCUT2D eigenvalue weighted by Gasteiger charge is 2.37. The highest BCUT2D eigenvalue weighted by molar-refractivity contribution is 5.54. The lowest BCUT2D eigenvalue weighted by molar-refractivity contribution is -0.151. The minimum atomic E-state index is -2.00. The molecule has 4 N–H and O–H groups in total. The molecule has 5 heteroatoms. The first-order valence-electron chi connectivity index (χ1n) is 3.59. The SMILES string of the molecule is CC(C=O)C(O)C(O)(CO)CO. The minimum Gasteiger partial charge on any atom is -0.393 e. The molecule has 0 radical (unpaired) electrons. The predicted molar refractivity (Wildman–Crippen MR) is 40.4 cm³/mol. The van der Waals surface area contributed by atoms with Crippen molar-refractivity contribution in [2.45, 2.75) is 18.6 Å². The Kier molecular flexibility index (Phi) is 4.33. The van der Waals surface area contributed by atoms with Crippen LogP contribution in [0.2, 0.25) is 0 Å². The molecule has 12 heavy (non-hydrogen) atoms. The van der Waals surface area contributed by atoms with Gasteiger partial charge in [0.25, 0.3) is 0 Å². The van der Waals surface area contributed by atoms with Crippen LogP contribution in [0.5, 0.6) is 0 Å². The van der Waals surface area contributed by atoms with E-state index in [4.69, 9.17) is 10.2 Å². The van der Waals surface area contributed by atoms with Crippen LogP contribution in [0.25, 0.3) is 0 Å². The lowest BCUT2D eigenvalue weighted by Crippen LogP contribution is -2.52. The molecule has 0 aromatic heterocycles. The summed E-state index contributed by atoms with van der Waals surface area (Å²) in [4.78, 5) is 10.2. The van der Waals surface area contributed by atoms with E-state index in [9.17, 15) is 15.0 Å². The van der Waals surface area contributed by atoms with E-state index >= 15 is 0 Å². The van der Waals surface area contributed by atoms with Crippen molar-refractivity contribution in [3.63, 3.8) is 0 Å². The Morgan fingerprint density at radius 1 is 1.42 bits per heavy atom. The number of carbonyl (C=O) groups is 1.